The van der Waals surface area contributed by atoms with Crippen LogP contribution in [0.25, 0.3) is 0 Å². The summed E-state index contributed by atoms with van der Waals surface area (Å²) in [6.45, 7) is 2.21. The highest BCUT2D eigenvalue weighted by Gasteiger charge is 2.36. The zero-order chi connectivity index (χ0) is 22.4. The molecule has 0 amide bonds. The van der Waals surface area contributed by atoms with Gasteiger partial charge in [0.1, 0.15) is 17.4 Å². The molecule has 9 heteroatoms. The average molecular weight is 493 g/mol. The molecule has 2 aromatic heterocycles. The standard InChI is InChI=1S/C23H17BrN4O4/c1-12-6-19-21(23(29)28(12)10-13-4-2-3-5-27-13)20(15(9-25)22(26)32-19)14-7-17-18(8-16(14)24)31-11-30-17/h2-8,20H,10-11,26H2,1H3/t20-/m1/s1. The summed E-state index contributed by atoms with van der Waals surface area (Å²) in [4.78, 5) is 18.1. The Morgan fingerprint density at radius 3 is 2.75 bits per heavy atom. The van der Waals surface area contributed by atoms with E-state index in [-0.39, 0.29) is 30.4 Å². The molecule has 0 fully saturated rings. The number of fused-ring (bicyclic) bond motifs is 2. The predicted octanol–water partition coefficient (Wildman–Crippen LogP) is 3.31. The van der Waals surface area contributed by atoms with Crippen LogP contribution in [0.1, 0.15) is 28.4 Å². The molecule has 1 aromatic carbocycles. The van der Waals surface area contributed by atoms with Crippen LogP contribution in [0.15, 0.2) is 63.3 Å². The number of rotatable bonds is 3. The summed E-state index contributed by atoms with van der Waals surface area (Å²) in [5.41, 5.74) is 8.40. The first-order chi connectivity index (χ1) is 15.5. The number of halogens is 1. The number of nitriles is 1. The molecule has 0 aliphatic carbocycles. The molecule has 2 aliphatic heterocycles. The number of nitrogens with two attached hydrogens (primary N) is 1. The topological polar surface area (TPSA) is 112 Å². The maximum absolute atomic E-state index is 13.7. The zero-order valence-electron chi connectivity index (χ0n) is 17.0. The second kappa shape index (κ2) is 7.73. The Labute approximate surface area is 191 Å². The SMILES string of the molecule is Cc1cc2c(c(=O)n1Cc1ccccn1)[C@H](c1cc3c(cc1Br)OCO3)C(C#N)=C(N)O2. The van der Waals surface area contributed by atoms with E-state index in [1.54, 1.807) is 29.0 Å². The molecule has 2 N–H and O–H groups in total. The lowest BCUT2D eigenvalue weighted by atomic mass is 9.83. The Balaban J connectivity index is 1.73. The van der Waals surface area contributed by atoms with Gasteiger partial charge in [-0.3, -0.25) is 9.78 Å². The highest BCUT2D eigenvalue weighted by molar-refractivity contribution is 9.10. The van der Waals surface area contributed by atoms with Crippen LogP contribution in [0.4, 0.5) is 0 Å². The Kier molecular flexibility index (Phi) is 4.87. The highest BCUT2D eigenvalue weighted by Crippen LogP contribution is 2.46. The minimum atomic E-state index is -0.740. The van der Waals surface area contributed by atoms with Crippen molar-refractivity contribution in [3.05, 3.63) is 91.4 Å². The average Bonchev–Trinajstić information content (AvgIpc) is 3.23. The molecule has 2 aliphatic rings. The molecule has 0 unspecified atom stereocenters. The normalized spacial score (nSPS) is 16.3. The van der Waals surface area contributed by atoms with Gasteiger partial charge in [-0.2, -0.15) is 5.26 Å². The molecule has 0 bridgehead atoms. The smallest absolute Gasteiger partial charge is 0.259 e. The summed E-state index contributed by atoms with van der Waals surface area (Å²) >= 11 is 3.56. The van der Waals surface area contributed by atoms with Crippen molar-refractivity contribution in [1.29, 1.82) is 5.26 Å². The molecule has 4 heterocycles. The van der Waals surface area contributed by atoms with Gasteiger partial charge in [0.15, 0.2) is 11.5 Å². The van der Waals surface area contributed by atoms with Gasteiger partial charge in [0.2, 0.25) is 12.7 Å². The lowest BCUT2D eigenvalue weighted by molar-refractivity contribution is 0.174. The van der Waals surface area contributed by atoms with Gasteiger partial charge >= 0.3 is 0 Å². The monoisotopic (exact) mass is 492 g/mol. The van der Waals surface area contributed by atoms with Crippen molar-refractivity contribution >= 4 is 15.9 Å². The van der Waals surface area contributed by atoms with Gasteiger partial charge in [-0.15, -0.1) is 0 Å². The van der Waals surface area contributed by atoms with Crippen molar-refractivity contribution in [1.82, 2.24) is 9.55 Å². The van der Waals surface area contributed by atoms with Gasteiger partial charge in [-0.25, -0.2) is 0 Å². The van der Waals surface area contributed by atoms with Gasteiger partial charge in [-0.05, 0) is 36.8 Å². The van der Waals surface area contributed by atoms with Gasteiger partial charge in [-0.1, -0.05) is 22.0 Å². The molecule has 0 saturated carbocycles. The Morgan fingerprint density at radius 1 is 1.25 bits per heavy atom. The third-order valence-electron chi connectivity index (χ3n) is 5.54. The van der Waals surface area contributed by atoms with Gasteiger partial charge < -0.3 is 24.5 Å². The minimum absolute atomic E-state index is 0.0316. The number of allylic oxidation sites excluding steroid dienone is 1. The van der Waals surface area contributed by atoms with Gasteiger partial charge in [0.25, 0.3) is 5.56 Å². The van der Waals surface area contributed by atoms with E-state index in [1.165, 1.54) is 0 Å². The number of hydrogen-bond donors (Lipinski definition) is 1. The summed E-state index contributed by atoms with van der Waals surface area (Å²) in [6, 6.07) is 13.0. The van der Waals surface area contributed by atoms with Crippen LogP contribution < -0.4 is 25.5 Å². The predicted molar refractivity (Wildman–Crippen MR) is 118 cm³/mol. The van der Waals surface area contributed by atoms with Crippen LogP contribution >= 0.6 is 15.9 Å². The summed E-state index contributed by atoms with van der Waals surface area (Å²) in [5.74, 6) is 0.676. The van der Waals surface area contributed by atoms with Gasteiger partial charge in [0, 0.05) is 22.4 Å². The van der Waals surface area contributed by atoms with E-state index in [4.69, 9.17) is 19.9 Å². The van der Waals surface area contributed by atoms with E-state index in [0.29, 0.717) is 38.5 Å². The maximum atomic E-state index is 13.7. The van der Waals surface area contributed by atoms with E-state index >= 15 is 0 Å². The van der Waals surface area contributed by atoms with Gasteiger partial charge in [0.05, 0.1) is 23.7 Å². The number of benzene rings is 1. The fraction of sp³-hybridized carbons (Fsp3) is 0.174. The van der Waals surface area contributed by atoms with Crippen molar-refractivity contribution in [2.75, 3.05) is 6.79 Å². The van der Waals surface area contributed by atoms with Crippen LogP contribution in [-0.2, 0) is 6.54 Å². The Morgan fingerprint density at radius 2 is 2.03 bits per heavy atom. The lowest BCUT2D eigenvalue weighted by Crippen LogP contribution is -2.33. The van der Waals surface area contributed by atoms with E-state index in [1.807, 2.05) is 25.1 Å². The third-order valence-corrected chi connectivity index (χ3v) is 6.23. The van der Waals surface area contributed by atoms with E-state index in [0.717, 1.165) is 5.69 Å². The Bertz CT molecular complexity index is 1380. The second-order valence-electron chi connectivity index (χ2n) is 7.43. The van der Waals surface area contributed by atoms with Crippen LogP contribution in [0.2, 0.25) is 0 Å². The summed E-state index contributed by atoms with van der Waals surface area (Å²) < 4.78 is 19.0. The van der Waals surface area contributed by atoms with E-state index in [9.17, 15) is 10.1 Å². The van der Waals surface area contributed by atoms with Crippen LogP contribution in [0.5, 0.6) is 17.2 Å². The fourth-order valence-corrected chi connectivity index (χ4v) is 4.55. The van der Waals surface area contributed by atoms with Crippen molar-refractivity contribution in [2.45, 2.75) is 19.4 Å². The van der Waals surface area contributed by atoms with E-state index in [2.05, 4.69) is 27.0 Å². The molecule has 32 heavy (non-hydrogen) atoms. The zero-order valence-corrected chi connectivity index (χ0v) is 18.5. The molecule has 0 spiro atoms. The van der Waals surface area contributed by atoms with Crippen molar-refractivity contribution < 1.29 is 14.2 Å². The first-order valence-corrected chi connectivity index (χ1v) is 10.6. The van der Waals surface area contributed by atoms with Crippen molar-refractivity contribution in [2.24, 2.45) is 5.73 Å². The van der Waals surface area contributed by atoms with Crippen LogP contribution in [-0.4, -0.2) is 16.3 Å². The molecule has 0 saturated heterocycles. The fourth-order valence-electron chi connectivity index (χ4n) is 4.00. The Hall–Kier alpha value is -3.77. The largest absolute Gasteiger partial charge is 0.454 e. The molecular formula is C23H17BrN4O4. The first kappa shape index (κ1) is 20.2. The van der Waals surface area contributed by atoms with Crippen LogP contribution in [0, 0.1) is 18.3 Å². The first-order valence-electron chi connectivity index (χ1n) is 9.78. The molecular weight excluding hydrogens is 476 g/mol. The summed E-state index contributed by atoms with van der Waals surface area (Å²) in [5, 5.41) is 9.90. The molecule has 5 rings (SSSR count). The lowest BCUT2D eigenvalue weighted by Gasteiger charge is -2.28. The number of aryl methyl sites for hydroxylation is 1. The van der Waals surface area contributed by atoms with E-state index < -0.39 is 5.92 Å². The quantitative estimate of drug-likeness (QED) is 0.596. The number of aromatic nitrogens is 2. The van der Waals surface area contributed by atoms with Crippen LogP contribution in [0.3, 0.4) is 0 Å². The number of hydrogen-bond acceptors (Lipinski definition) is 7. The molecule has 0 radical (unpaired) electrons. The molecule has 8 nitrogen and oxygen atoms in total. The molecule has 1 atom stereocenters. The number of pyridine rings is 2. The maximum Gasteiger partial charge on any atom is 0.259 e. The van der Waals surface area contributed by atoms with Crippen molar-refractivity contribution in [3.63, 3.8) is 0 Å². The molecule has 3 aromatic rings. The second-order valence-corrected chi connectivity index (χ2v) is 8.28. The number of ether oxygens (including phenoxy) is 3. The summed E-state index contributed by atoms with van der Waals surface area (Å²) in [7, 11) is 0. The third kappa shape index (κ3) is 3.20. The van der Waals surface area contributed by atoms with Crippen molar-refractivity contribution in [3.8, 4) is 23.3 Å². The highest BCUT2D eigenvalue weighted by atomic mass is 79.9. The number of nitrogens with zero attached hydrogens (tertiary/aromatic N) is 3. The molecule has 160 valence electrons. The minimum Gasteiger partial charge on any atom is -0.454 e. The summed E-state index contributed by atoms with van der Waals surface area (Å²) in [6.07, 6.45) is 1.68.